The molecule has 2 N–H and O–H groups in total. The van der Waals surface area contributed by atoms with E-state index in [1.165, 1.54) is 17.6 Å². The van der Waals surface area contributed by atoms with Crippen molar-refractivity contribution in [2.45, 2.75) is 18.2 Å². The van der Waals surface area contributed by atoms with Crippen LogP contribution in [0.4, 0.5) is 0 Å². The van der Waals surface area contributed by atoms with E-state index in [2.05, 4.69) is 4.98 Å². The number of thioether (sulfide) groups is 1. The van der Waals surface area contributed by atoms with Gasteiger partial charge in [-0.15, -0.1) is 11.3 Å². The number of aromatic nitrogens is 1. The van der Waals surface area contributed by atoms with Crippen molar-refractivity contribution in [1.29, 1.82) is 0 Å². The second kappa shape index (κ2) is 6.00. The molecule has 0 amide bonds. The van der Waals surface area contributed by atoms with Crippen LogP contribution in [0.1, 0.15) is 23.2 Å². The Balaban J connectivity index is 2.64. The van der Waals surface area contributed by atoms with Gasteiger partial charge in [0.05, 0.1) is 5.69 Å². The lowest BCUT2D eigenvalue weighted by atomic mass is 10.2. The van der Waals surface area contributed by atoms with Crippen molar-refractivity contribution in [3.05, 3.63) is 16.1 Å². The van der Waals surface area contributed by atoms with Gasteiger partial charge >= 0.3 is 0 Å². The molecule has 0 saturated heterocycles. The first-order chi connectivity index (χ1) is 7.42. The number of nitrogens with two attached hydrogens (primary N) is 1. The molecule has 1 unspecified atom stereocenters. The van der Waals surface area contributed by atoms with Crippen LogP contribution in [0, 0.1) is 0 Å². The Morgan fingerprint density at radius 2 is 2.31 bits per heavy atom. The third-order valence-electron chi connectivity index (χ3n) is 1.97. The SMILES string of the molecule is CSCCC(N)c1csc(CS(C)(=O)=O)n1. The zero-order chi connectivity index (χ0) is 12.2. The highest BCUT2D eigenvalue weighted by Gasteiger charge is 2.13. The normalized spacial score (nSPS) is 13.9. The fourth-order valence-electron chi connectivity index (χ4n) is 1.18. The van der Waals surface area contributed by atoms with Gasteiger partial charge in [-0.3, -0.25) is 0 Å². The summed E-state index contributed by atoms with van der Waals surface area (Å²) in [6, 6.07) is -0.0861. The second-order valence-electron chi connectivity index (χ2n) is 3.62. The van der Waals surface area contributed by atoms with Gasteiger partial charge in [-0.05, 0) is 18.4 Å². The zero-order valence-corrected chi connectivity index (χ0v) is 11.8. The molecule has 0 aliphatic carbocycles. The van der Waals surface area contributed by atoms with Crippen LogP contribution >= 0.6 is 23.1 Å². The summed E-state index contributed by atoms with van der Waals surface area (Å²) in [6.07, 6.45) is 4.10. The van der Waals surface area contributed by atoms with Crippen LogP contribution < -0.4 is 5.73 Å². The first-order valence-electron chi connectivity index (χ1n) is 4.79. The Hall–Kier alpha value is -0.110. The molecule has 16 heavy (non-hydrogen) atoms. The zero-order valence-electron chi connectivity index (χ0n) is 9.34. The molecule has 0 spiro atoms. The fourth-order valence-corrected chi connectivity index (χ4v) is 3.74. The minimum absolute atomic E-state index is 0.00686. The highest BCUT2D eigenvalue weighted by atomic mass is 32.2. The van der Waals surface area contributed by atoms with Gasteiger partial charge in [0.25, 0.3) is 0 Å². The molecule has 0 aliphatic heterocycles. The third-order valence-corrected chi connectivity index (χ3v) is 4.46. The van der Waals surface area contributed by atoms with Gasteiger partial charge in [0, 0.05) is 17.7 Å². The van der Waals surface area contributed by atoms with E-state index in [-0.39, 0.29) is 11.8 Å². The highest BCUT2D eigenvalue weighted by molar-refractivity contribution is 7.98. The van der Waals surface area contributed by atoms with Crippen LogP contribution in [0.5, 0.6) is 0 Å². The average molecular weight is 280 g/mol. The van der Waals surface area contributed by atoms with Crippen molar-refractivity contribution in [3.8, 4) is 0 Å². The Bertz CT molecular complexity index is 428. The monoisotopic (exact) mass is 280 g/mol. The molecule has 0 bridgehead atoms. The van der Waals surface area contributed by atoms with Gasteiger partial charge in [-0.1, -0.05) is 0 Å². The summed E-state index contributed by atoms with van der Waals surface area (Å²) in [6.45, 7) is 0. The minimum atomic E-state index is -3.00. The van der Waals surface area contributed by atoms with Gasteiger partial charge in [0.1, 0.15) is 10.8 Å². The molecule has 0 saturated carbocycles. The molecule has 92 valence electrons. The van der Waals surface area contributed by atoms with E-state index in [0.29, 0.717) is 5.01 Å². The number of nitrogens with zero attached hydrogens (tertiary/aromatic N) is 1. The van der Waals surface area contributed by atoms with Crippen molar-refractivity contribution in [2.75, 3.05) is 18.3 Å². The average Bonchev–Trinajstić information content (AvgIpc) is 2.59. The molecule has 1 aromatic rings. The molecule has 0 fully saturated rings. The lowest BCUT2D eigenvalue weighted by Crippen LogP contribution is -2.12. The van der Waals surface area contributed by atoms with Crippen molar-refractivity contribution in [1.82, 2.24) is 4.98 Å². The van der Waals surface area contributed by atoms with E-state index >= 15 is 0 Å². The molecule has 4 nitrogen and oxygen atoms in total. The summed E-state index contributed by atoms with van der Waals surface area (Å²) in [7, 11) is -3.00. The molecule has 1 heterocycles. The number of sulfone groups is 1. The van der Waals surface area contributed by atoms with Crippen LogP contribution in [0.15, 0.2) is 5.38 Å². The van der Waals surface area contributed by atoms with E-state index in [4.69, 9.17) is 5.73 Å². The highest BCUT2D eigenvalue weighted by Crippen LogP contribution is 2.20. The number of rotatable bonds is 6. The molecule has 1 aromatic heterocycles. The molecule has 0 aliphatic rings. The van der Waals surface area contributed by atoms with E-state index < -0.39 is 9.84 Å². The van der Waals surface area contributed by atoms with Gasteiger partial charge < -0.3 is 5.73 Å². The Morgan fingerprint density at radius 1 is 1.62 bits per heavy atom. The lowest BCUT2D eigenvalue weighted by molar-refractivity contribution is 0.600. The summed E-state index contributed by atoms with van der Waals surface area (Å²) in [4.78, 5) is 4.25. The summed E-state index contributed by atoms with van der Waals surface area (Å²) < 4.78 is 22.2. The number of hydrogen-bond donors (Lipinski definition) is 1. The first kappa shape index (κ1) is 14.0. The maximum absolute atomic E-state index is 11.1. The van der Waals surface area contributed by atoms with Crippen LogP contribution in [0.2, 0.25) is 0 Å². The molecule has 0 aromatic carbocycles. The maximum atomic E-state index is 11.1. The van der Waals surface area contributed by atoms with E-state index in [1.54, 1.807) is 11.8 Å². The van der Waals surface area contributed by atoms with Crippen LogP contribution in [0.25, 0.3) is 0 Å². The van der Waals surface area contributed by atoms with Gasteiger partial charge in [-0.2, -0.15) is 11.8 Å². The lowest BCUT2D eigenvalue weighted by Gasteiger charge is -2.06. The van der Waals surface area contributed by atoms with E-state index in [1.807, 2.05) is 11.6 Å². The molecule has 1 atom stereocenters. The largest absolute Gasteiger partial charge is 0.323 e. The topological polar surface area (TPSA) is 73.1 Å². The van der Waals surface area contributed by atoms with Crippen LogP contribution in [-0.2, 0) is 15.6 Å². The summed E-state index contributed by atoms with van der Waals surface area (Å²) in [5.41, 5.74) is 6.74. The predicted molar refractivity (Wildman–Crippen MR) is 70.6 cm³/mol. The smallest absolute Gasteiger partial charge is 0.153 e. The molecule has 0 radical (unpaired) electrons. The fraction of sp³-hybridized carbons (Fsp3) is 0.667. The Labute approximate surface area is 105 Å². The van der Waals surface area contributed by atoms with Crippen molar-refractivity contribution in [3.63, 3.8) is 0 Å². The first-order valence-corrected chi connectivity index (χ1v) is 9.12. The molecular formula is C9H16N2O2S3. The third kappa shape index (κ3) is 4.82. The number of thiazole rings is 1. The Kier molecular flexibility index (Phi) is 5.23. The second-order valence-corrected chi connectivity index (χ2v) is 7.69. The predicted octanol–water partition coefficient (Wildman–Crippen LogP) is 1.44. The van der Waals surface area contributed by atoms with Gasteiger partial charge in [0.2, 0.25) is 0 Å². The summed E-state index contributed by atoms with van der Waals surface area (Å²) in [5, 5.41) is 2.48. The Morgan fingerprint density at radius 3 is 2.88 bits per heavy atom. The van der Waals surface area contributed by atoms with E-state index in [9.17, 15) is 8.42 Å². The summed E-state index contributed by atoms with van der Waals surface area (Å²) in [5.74, 6) is 0.993. The van der Waals surface area contributed by atoms with Crippen LogP contribution in [0.3, 0.4) is 0 Å². The van der Waals surface area contributed by atoms with E-state index in [0.717, 1.165) is 17.9 Å². The van der Waals surface area contributed by atoms with Gasteiger partial charge in [0.15, 0.2) is 9.84 Å². The van der Waals surface area contributed by atoms with Gasteiger partial charge in [-0.25, -0.2) is 13.4 Å². The summed E-state index contributed by atoms with van der Waals surface area (Å²) >= 11 is 3.10. The van der Waals surface area contributed by atoms with Crippen molar-refractivity contribution >= 4 is 32.9 Å². The van der Waals surface area contributed by atoms with Crippen molar-refractivity contribution in [2.24, 2.45) is 5.73 Å². The minimum Gasteiger partial charge on any atom is -0.323 e. The maximum Gasteiger partial charge on any atom is 0.153 e. The standard InChI is InChI=1S/C9H16N2O2S3/c1-14-4-3-7(10)8-5-15-9(11-8)6-16(2,12)13/h5,7H,3-4,6,10H2,1-2H3. The molecule has 1 rings (SSSR count). The quantitative estimate of drug-likeness (QED) is 0.853. The molecule has 7 heteroatoms. The number of hydrogen-bond acceptors (Lipinski definition) is 6. The van der Waals surface area contributed by atoms with Crippen LogP contribution in [-0.4, -0.2) is 31.7 Å². The molecular weight excluding hydrogens is 264 g/mol. The van der Waals surface area contributed by atoms with Crippen molar-refractivity contribution < 1.29 is 8.42 Å².